The Morgan fingerprint density at radius 3 is 2.53 bits per heavy atom. The zero-order valence-electron chi connectivity index (χ0n) is 10.3. The van der Waals surface area contributed by atoms with Crippen LogP contribution >= 0.6 is 23.5 Å². The fourth-order valence-corrected chi connectivity index (χ4v) is 4.07. The molecule has 0 radical (unpaired) electrons. The van der Waals surface area contributed by atoms with Crippen LogP contribution in [0.25, 0.3) is 0 Å². The van der Waals surface area contributed by atoms with Gasteiger partial charge >= 0.3 is 0 Å². The Bertz CT molecular complexity index is 624. The van der Waals surface area contributed by atoms with Crippen LogP contribution in [0.2, 0.25) is 0 Å². The molecule has 3 nitrogen and oxygen atoms in total. The van der Waals surface area contributed by atoms with Gasteiger partial charge in [-0.1, -0.05) is 35.7 Å². The highest BCUT2D eigenvalue weighted by Crippen LogP contribution is 2.42. The summed E-state index contributed by atoms with van der Waals surface area (Å²) in [6.07, 6.45) is 0. The maximum atomic E-state index is 12.6. The quantitative estimate of drug-likeness (QED) is 0.542. The standard InChI is InChI=1S/C14H11NO2S2/c1-15-8-11(16)12(14-18-6-7-19-14)13(17)9-4-2-3-5-10(9)15/h2-7H,8H2,1H3. The van der Waals surface area contributed by atoms with Crippen molar-refractivity contribution in [3.8, 4) is 0 Å². The molecule has 0 N–H and O–H groups in total. The van der Waals surface area contributed by atoms with E-state index in [2.05, 4.69) is 0 Å². The van der Waals surface area contributed by atoms with E-state index >= 15 is 0 Å². The number of para-hydroxylation sites is 1. The average Bonchev–Trinajstić information content (AvgIpc) is 2.89. The number of benzene rings is 1. The fourth-order valence-electron chi connectivity index (χ4n) is 2.17. The average molecular weight is 289 g/mol. The molecule has 0 aromatic heterocycles. The molecule has 2 aliphatic rings. The number of nitrogens with zero attached hydrogens (tertiary/aromatic N) is 1. The molecule has 0 saturated carbocycles. The first-order valence-corrected chi connectivity index (χ1v) is 7.55. The van der Waals surface area contributed by atoms with Gasteiger partial charge in [0.25, 0.3) is 0 Å². The highest BCUT2D eigenvalue weighted by molar-refractivity contribution is 8.27. The van der Waals surface area contributed by atoms with Gasteiger partial charge in [0.2, 0.25) is 0 Å². The van der Waals surface area contributed by atoms with Crippen molar-refractivity contribution >= 4 is 40.8 Å². The minimum Gasteiger partial charge on any atom is -0.366 e. The SMILES string of the molecule is CN1CC(=O)C(=C2SC=CS2)C(=O)c2ccccc21. The molecule has 3 rings (SSSR count). The summed E-state index contributed by atoms with van der Waals surface area (Å²) in [5, 5.41) is 3.79. The molecule has 2 heterocycles. The zero-order valence-corrected chi connectivity index (χ0v) is 11.9. The molecule has 2 aliphatic heterocycles. The summed E-state index contributed by atoms with van der Waals surface area (Å²) >= 11 is 2.89. The monoisotopic (exact) mass is 289 g/mol. The normalized spacial score (nSPS) is 18.9. The molecule has 1 aromatic rings. The van der Waals surface area contributed by atoms with Gasteiger partial charge in [-0.15, -0.1) is 0 Å². The molecule has 0 aliphatic carbocycles. The van der Waals surface area contributed by atoms with Crippen LogP contribution in [0.3, 0.4) is 0 Å². The van der Waals surface area contributed by atoms with Gasteiger partial charge in [0.1, 0.15) is 0 Å². The van der Waals surface area contributed by atoms with E-state index in [4.69, 9.17) is 0 Å². The van der Waals surface area contributed by atoms with Gasteiger partial charge in [0.05, 0.1) is 16.4 Å². The van der Waals surface area contributed by atoms with Gasteiger partial charge in [0, 0.05) is 18.3 Å². The number of hydrogen-bond donors (Lipinski definition) is 0. The fraction of sp³-hybridized carbons (Fsp3) is 0.143. The summed E-state index contributed by atoms with van der Waals surface area (Å²) in [7, 11) is 1.84. The predicted octanol–water partition coefficient (Wildman–Crippen LogP) is 3.05. The second-order valence-electron chi connectivity index (χ2n) is 4.30. The van der Waals surface area contributed by atoms with Crippen molar-refractivity contribution in [2.75, 3.05) is 18.5 Å². The first kappa shape index (κ1) is 12.6. The molecule has 19 heavy (non-hydrogen) atoms. The van der Waals surface area contributed by atoms with Crippen LogP contribution in [-0.4, -0.2) is 25.2 Å². The number of fused-ring (bicyclic) bond motifs is 1. The predicted molar refractivity (Wildman–Crippen MR) is 80.4 cm³/mol. The highest BCUT2D eigenvalue weighted by Gasteiger charge is 2.31. The van der Waals surface area contributed by atoms with E-state index in [-0.39, 0.29) is 18.1 Å². The Kier molecular flexibility index (Phi) is 3.24. The number of Topliss-reactive ketones (excluding diaryl/α,β-unsaturated/α-hetero) is 2. The van der Waals surface area contributed by atoms with Crippen molar-refractivity contribution in [1.29, 1.82) is 0 Å². The Hall–Kier alpha value is -1.46. The number of likely N-dealkylation sites (N-methyl/N-ethyl adjacent to an activating group) is 1. The number of anilines is 1. The molecule has 0 saturated heterocycles. The van der Waals surface area contributed by atoms with E-state index in [1.165, 1.54) is 23.5 Å². The Morgan fingerprint density at radius 1 is 1.11 bits per heavy atom. The number of ketones is 2. The third-order valence-electron chi connectivity index (χ3n) is 3.06. The molecule has 96 valence electrons. The lowest BCUT2D eigenvalue weighted by atomic mass is 10.0. The van der Waals surface area contributed by atoms with Crippen LogP contribution in [0.1, 0.15) is 10.4 Å². The van der Waals surface area contributed by atoms with Crippen LogP contribution in [0.4, 0.5) is 5.69 Å². The van der Waals surface area contributed by atoms with E-state index in [1.807, 2.05) is 41.0 Å². The van der Waals surface area contributed by atoms with Crippen LogP contribution in [0.5, 0.6) is 0 Å². The number of carbonyl (C=O) groups excluding carboxylic acids is 2. The van der Waals surface area contributed by atoms with Crippen LogP contribution in [-0.2, 0) is 4.79 Å². The van der Waals surface area contributed by atoms with Gasteiger partial charge in [-0.3, -0.25) is 9.59 Å². The van der Waals surface area contributed by atoms with Crippen LogP contribution in [0.15, 0.2) is 44.9 Å². The second-order valence-corrected chi connectivity index (χ2v) is 6.39. The third kappa shape index (κ3) is 2.13. The minimum atomic E-state index is -0.163. The molecule has 0 fully saturated rings. The largest absolute Gasteiger partial charge is 0.366 e. The molecule has 0 unspecified atom stereocenters. The minimum absolute atomic E-state index is 0.109. The highest BCUT2D eigenvalue weighted by atomic mass is 32.2. The smallest absolute Gasteiger partial charge is 0.200 e. The molecule has 0 spiro atoms. The van der Waals surface area contributed by atoms with Crippen molar-refractivity contribution < 1.29 is 9.59 Å². The van der Waals surface area contributed by atoms with Crippen molar-refractivity contribution in [2.45, 2.75) is 0 Å². The Balaban J connectivity index is 2.17. The topological polar surface area (TPSA) is 37.4 Å². The molecule has 0 bridgehead atoms. The first-order valence-electron chi connectivity index (χ1n) is 5.79. The van der Waals surface area contributed by atoms with E-state index in [1.54, 1.807) is 6.07 Å². The summed E-state index contributed by atoms with van der Waals surface area (Å²) in [5.41, 5.74) is 1.75. The van der Waals surface area contributed by atoms with Crippen LogP contribution in [0, 0.1) is 0 Å². The lowest BCUT2D eigenvalue weighted by Gasteiger charge is -2.16. The molecular formula is C14H11NO2S2. The lowest BCUT2D eigenvalue weighted by molar-refractivity contribution is -0.113. The number of rotatable bonds is 0. The molecule has 0 atom stereocenters. The summed E-state index contributed by atoms with van der Waals surface area (Å²) in [6.45, 7) is 0.239. The Labute approximate surface area is 119 Å². The summed E-state index contributed by atoms with van der Waals surface area (Å²) in [6, 6.07) is 7.37. The lowest BCUT2D eigenvalue weighted by Crippen LogP contribution is -2.25. The van der Waals surface area contributed by atoms with Crippen molar-refractivity contribution in [3.63, 3.8) is 0 Å². The third-order valence-corrected chi connectivity index (χ3v) is 5.19. The van der Waals surface area contributed by atoms with Gasteiger partial charge in [0.15, 0.2) is 11.6 Å². The van der Waals surface area contributed by atoms with Crippen molar-refractivity contribution in [2.24, 2.45) is 0 Å². The number of thioether (sulfide) groups is 2. The maximum Gasteiger partial charge on any atom is 0.200 e. The van der Waals surface area contributed by atoms with E-state index in [0.717, 1.165) is 9.92 Å². The van der Waals surface area contributed by atoms with E-state index in [9.17, 15) is 9.59 Å². The van der Waals surface area contributed by atoms with E-state index < -0.39 is 0 Å². The van der Waals surface area contributed by atoms with Crippen molar-refractivity contribution in [3.05, 3.63) is 50.5 Å². The summed E-state index contributed by atoms with van der Waals surface area (Å²) in [5.74, 6) is -0.272. The Morgan fingerprint density at radius 2 is 1.79 bits per heavy atom. The molecule has 5 heteroatoms. The maximum absolute atomic E-state index is 12.6. The van der Waals surface area contributed by atoms with Crippen LogP contribution < -0.4 is 4.90 Å². The number of carbonyl (C=O) groups is 2. The van der Waals surface area contributed by atoms with E-state index in [0.29, 0.717) is 11.1 Å². The van der Waals surface area contributed by atoms with Gasteiger partial charge < -0.3 is 4.90 Å². The molecule has 1 aromatic carbocycles. The summed E-state index contributed by atoms with van der Waals surface area (Å²) in [4.78, 5) is 26.8. The van der Waals surface area contributed by atoms with Gasteiger partial charge in [-0.05, 0) is 22.9 Å². The zero-order chi connectivity index (χ0) is 13.4. The van der Waals surface area contributed by atoms with Crippen molar-refractivity contribution in [1.82, 2.24) is 0 Å². The first-order chi connectivity index (χ1) is 9.18. The van der Waals surface area contributed by atoms with Gasteiger partial charge in [-0.2, -0.15) is 0 Å². The molecular weight excluding hydrogens is 278 g/mol. The molecule has 0 amide bonds. The summed E-state index contributed by atoms with van der Waals surface area (Å²) < 4.78 is 0.792. The second kappa shape index (κ2) is 4.90. The number of hydrogen-bond acceptors (Lipinski definition) is 5. The van der Waals surface area contributed by atoms with Gasteiger partial charge in [-0.25, -0.2) is 0 Å².